The Hall–Kier alpha value is -12.3. The molecule has 34 N–H and O–H groups in total. The molecule has 0 radical (unpaired) electrons. The first-order valence-corrected chi connectivity index (χ1v) is 48.4. The van der Waals surface area contributed by atoms with E-state index in [0.717, 1.165) is 13.8 Å². The summed E-state index contributed by atoms with van der Waals surface area (Å²) < 4.78 is 0. The van der Waals surface area contributed by atoms with Crippen molar-refractivity contribution in [3.8, 4) is 5.75 Å². The summed E-state index contributed by atoms with van der Waals surface area (Å²) in [6.45, 7) is 17.7. The van der Waals surface area contributed by atoms with Crippen molar-refractivity contribution in [2.45, 2.75) is 307 Å². The van der Waals surface area contributed by atoms with E-state index in [2.05, 4.69) is 105 Å². The Morgan fingerprint density at radius 3 is 1.29 bits per heavy atom. The first-order valence-electron chi connectivity index (χ1n) is 47.0. The number of carbonyl (C=O) groups excluding carboxylic acids is 15. The fourth-order valence-electron chi connectivity index (χ4n) is 14.9. The van der Waals surface area contributed by atoms with Crippen LogP contribution >= 0.6 is 11.8 Å². The molecule has 49 heteroatoms. The number of rotatable bonds is 64. The van der Waals surface area contributed by atoms with Crippen molar-refractivity contribution in [3.05, 3.63) is 66.3 Å². The third-order valence-corrected chi connectivity index (χ3v) is 24.1. The number of imidazole rings is 2. The van der Waals surface area contributed by atoms with E-state index >= 15 is 9.59 Å². The Morgan fingerprint density at radius 1 is 0.471 bits per heavy atom. The minimum Gasteiger partial charge on any atom is -0.508 e. The van der Waals surface area contributed by atoms with Gasteiger partial charge in [0.25, 0.3) is 0 Å². The molecule has 0 unspecified atom stereocenters. The summed E-state index contributed by atoms with van der Waals surface area (Å²) >= 11 is 1.43. The maximum absolute atomic E-state index is 15.2. The van der Waals surface area contributed by atoms with Gasteiger partial charge in [-0.15, -0.1) is 0 Å². The van der Waals surface area contributed by atoms with Gasteiger partial charge in [-0.05, 0) is 177 Å². The topological polar surface area (TPSA) is 785 Å². The number of amides is 15. The number of aromatic nitrogens is 4. The summed E-state index contributed by atoms with van der Waals surface area (Å²) in [6, 6.07) is -17.5. The molecule has 0 bridgehead atoms. The van der Waals surface area contributed by atoms with E-state index in [4.69, 9.17) is 39.5 Å². The summed E-state index contributed by atoms with van der Waals surface area (Å²) in [5, 5.41) is 98.9. The zero-order chi connectivity index (χ0) is 103. The van der Waals surface area contributed by atoms with Crippen molar-refractivity contribution in [1.82, 2.24) is 110 Å². The quantitative estimate of drug-likeness (QED) is 0.0143. The number of nitrogens with one attached hydrogen (secondary N) is 20. The number of hydrogen-bond donors (Lipinski definition) is 29. The van der Waals surface area contributed by atoms with E-state index < -0.39 is 221 Å². The van der Waals surface area contributed by atoms with E-state index in [0.29, 0.717) is 42.7 Å². The van der Waals surface area contributed by atoms with Crippen LogP contribution < -0.4 is 114 Å². The molecule has 3 heterocycles. The molecular formula is C89H150N28O20S. The number of H-pyrrole nitrogens is 2. The number of benzene rings is 1. The number of aliphatic hydroxyl groups excluding tert-OH is 2. The number of phenolic OH excluding ortho intramolecular Hbond substituents is 1. The van der Waals surface area contributed by atoms with E-state index in [1.54, 1.807) is 55.4 Å². The normalized spacial score (nSPS) is 16.6. The minimum absolute atomic E-state index is 0.00808. The third kappa shape index (κ3) is 40.7. The van der Waals surface area contributed by atoms with Gasteiger partial charge in [-0.25, -0.2) is 14.8 Å². The van der Waals surface area contributed by atoms with Crippen LogP contribution in [0.1, 0.15) is 196 Å². The summed E-state index contributed by atoms with van der Waals surface area (Å²) in [5.41, 5.74) is 30.1. The standard InChI is InChI=1S/C89H150N28O20S/c1-13-48(7)68(83(132)103-50(9)72(121)115-70(51(10)118)85(134)112-62(38-46(3)4)77(126)106-59(24-19-34-99-88(93)94)73(122)104-57(22-15-17-32-90)74(123)109-63(39-53-27-29-56(120)30-28-53)79(128)116-71(52(11)119)87(136)137)114-80(129)65(41-55-43-98-45-102-55)111-81(130)66-26-21-36-117(66)86(135)61(25-20-35-100-89(95)96)108-84(133)69(49(8)14-2)113-76(125)58(23-16-18-33-91)105-78(127)64(40-54-42-97-44-101-54)110-75(124)60(31-37-138-12)107-82(131)67(92)47(5)6/h27-30,42-52,57-71,118-120H,13-26,31-41,90-92H2,1-12H3,(H,97,101)(H,98,102)(H,103,132)(H,104,122)(H,105,127)(H,106,126)(H,107,131)(H,108,133)(H,109,123)(H,110,124)(H,111,130)(H,112,134)(H,113,125)(H,114,129)(H,115,121)(H,116,128)(H,136,137)(H4,93,94,99)(H4,95,96,100)/t48-,49-,50-,51+,52+,57-,58-,59-,60-,61-,62-,63-,64-,65-,66-,67-,68-,69-,70-,71-/m0/s1. The Kier molecular flexibility index (Phi) is 52.2. The van der Waals surface area contributed by atoms with Crippen molar-refractivity contribution in [1.29, 1.82) is 10.8 Å². The number of aliphatic carboxylic acids is 1. The molecule has 20 atom stereocenters. The van der Waals surface area contributed by atoms with Gasteiger partial charge in [-0.3, -0.25) is 82.7 Å². The zero-order valence-electron chi connectivity index (χ0n) is 81.0. The average molecular weight is 1960 g/mol. The molecule has 138 heavy (non-hydrogen) atoms. The number of aliphatic hydroxyl groups is 2. The molecule has 4 rings (SSSR count). The number of hydrogen-bond acceptors (Lipinski definition) is 27. The number of carboxylic acid groups (broad SMARTS) is 1. The maximum Gasteiger partial charge on any atom is 0.328 e. The second-order valence-electron chi connectivity index (χ2n) is 35.6. The Morgan fingerprint density at radius 2 is 0.855 bits per heavy atom. The fraction of sp³-hybridized carbons (Fsp3) is 0.663. The van der Waals surface area contributed by atoms with Crippen LogP contribution in [-0.2, 0) is 96.0 Å². The van der Waals surface area contributed by atoms with Crippen LogP contribution in [0.25, 0.3) is 0 Å². The molecular weight excluding hydrogens is 1810 g/mol. The summed E-state index contributed by atoms with van der Waals surface area (Å²) in [5.74, 6) is -17.1. The number of aromatic hydroxyl groups is 1. The van der Waals surface area contributed by atoms with Crippen LogP contribution in [0.2, 0.25) is 0 Å². The number of thioether (sulfide) groups is 1. The van der Waals surface area contributed by atoms with Gasteiger partial charge in [0.05, 0.1) is 42.3 Å². The van der Waals surface area contributed by atoms with Crippen molar-refractivity contribution >= 4 is 118 Å². The number of carbonyl (C=O) groups is 16. The molecule has 0 aliphatic carbocycles. The van der Waals surface area contributed by atoms with Gasteiger partial charge in [0.15, 0.2) is 18.0 Å². The van der Waals surface area contributed by atoms with Gasteiger partial charge in [0, 0.05) is 51.3 Å². The highest BCUT2D eigenvalue weighted by molar-refractivity contribution is 7.98. The average Bonchev–Trinajstić information content (AvgIpc) is 1.88. The van der Waals surface area contributed by atoms with Crippen LogP contribution in [0.5, 0.6) is 5.75 Å². The van der Waals surface area contributed by atoms with Gasteiger partial charge < -0.3 is 149 Å². The molecule has 1 saturated heterocycles. The smallest absolute Gasteiger partial charge is 0.328 e. The van der Waals surface area contributed by atoms with E-state index in [9.17, 15) is 87.5 Å². The lowest BCUT2D eigenvalue weighted by Gasteiger charge is -2.32. The highest BCUT2D eigenvalue weighted by Crippen LogP contribution is 2.23. The van der Waals surface area contributed by atoms with Gasteiger partial charge >= 0.3 is 5.97 Å². The number of aromatic amines is 2. The number of guanidine groups is 2. The van der Waals surface area contributed by atoms with Crippen LogP contribution in [0, 0.1) is 34.5 Å². The van der Waals surface area contributed by atoms with E-state index in [1.807, 2.05) is 6.26 Å². The van der Waals surface area contributed by atoms with E-state index in [1.165, 1.54) is 72.9 Å². The van der Waals surface area contributed by atoms with Crippen molar-refractivity contribution in [2.75, 3.05) is 44.7 Å². The molecule has 1 aliphatic heterocycles. The highest BCUT2D eigenvalue weighted by Gasteiger charge is 2.44. The molecule has 1 fully saturated rings. The zero-order valence-corrected chi connectivity index (χ0v) is 81.8. The van der Waals surface area contributed by atoms with Gasteiger partial charge in [-0.2, -0.15) is 11.8 Å². The lowest BCUT2D eigenvalue weighted by molar-refractivity contribution is -0.145. The molecule has 3 aromatic rings. The number of nitrogens with zero attached hydrogens (tertiary/aromatic N) is 3. The first kappa shape index (κ1) is 118. The lowest BCUT2D eigenvalue weighted by Crippen LogP contribution is -2.62. The van der Waals surface area contributed by atoms with Gasteiger partial charge in [0.2, 0.25) is 88.6 Å². The predicted octanol–water partition coefficient (Wildman–Crippen LogP) is -4.83. The van der Waals surface area contributed by atoms with Crippen LogP contribution in [-0.4, -0.2) is 305 Å². The third-order valence-electron chi connectivity index (χ3n) is 23.5. The number of likely N-dealkylation sites (tertiary alicyclic amines) is 1. The van der Waals surface area contributed by atoms with Crippen LogP contribution in [0.3, 0.4) is 0 Å². The minimum atomic E-state index is -1.84. The van der Waals surface area contributed by atoms with Gasteiger partial charge in [-0.1, -0.05) is 80.4 Å². The molecule has 15 amide bonds. The second kappa shape index (κ2) is 61.1. The number of nitrogens with two attached hydrogens (primary N) is 5. The molecule has 0 spiro atoms. The van der Waals surface area contributed by atoms with Crippen molar-refractivity contribution in [2.24, 2.45) is 52.3 Å². The fourth-order valence-corrected chi connectivity index (χ4v) is 15.3. The first-order chi connectivity index (χ1) is 65.3. The largest absolute Gasteiger partial charge is 0.508 e. The van der Waals surface area contributed by atoms with E-state index in [-0.39, 0.29) is 158 Å². The Bertz CT molecular complexity index is 4440. The Balaban J connectivity index is 1.60. The predicted molar refractivity (Wildman–Crippen MR) is 513 cm³/mol. The van der Waals surface area contributed by atoms with Gasteiger partial charge in [0.1, 0.15) is 90.3 Å². The SMILES string of the molecule is CC[C@H](C)[C@H](NC(=O)[C@H](Cc1c[nH]cn1)NC(=O)[C@@H]1CCCN1C(=O)[C@H](CCCNC(=N)N)NC(=O)[C@@H](NC(=O)[C@H](CCCCN)NC(=O)[C@H](Cc1c[nH]cn1)NC(=O)[C@H](CCSC)NC(=O)[C@@H](N)C(C)C)[C@@H](C)CC)C(=O)N[C@@H](C)C(=O)N[C@H](C(=O)N[C@@H](CC(C)C)C(=O)N[C@@H](CCCNC(=N)N)C(=O)N[C@@H](CCCCN)C(=O)N[C@@H](Cc1ccc(O)cc1)C(=O)N[C@H](C(=O)O)[C@@H](C)O)[C@@H](C)O. The monoisotopic (exact) mass is 1960 g/mol. The molecule has 1 aliphatic rings. The van der Waals surface area contributed by atoms with Crippen LogP contribution in [0.4, 0.5) is 0 Å². The highest BCUT2D eigenvalue weighted by atomic mass is 32.2. The summed E-state index contributed by atoms with van der Waals surface area (Å²) in [6.07, 6.45) is 5.56. The Labute approximate surface area is 808 Å². The molecule has 772 valence electrons. The number of carboxylic acids is 1. The summed E-state index contributed by atoms with van der Waals surface area (Å²) in [7, 11) is 0. The van der Waals surface area contributed by atoms with Crippen LogP contribution in [0.15, 0.2) is 49.3 Å². The van der Waals surface area contributed by atoms with Crippen molar-refractivity contribution < 1.29 is 97.1 Å². The molecule has 1 aromatic carbocycles. The second-order valence-corrected chi connectivity index (χ2v) is 36.6. The molecule has 0 saturated carbocycles. The number of phenols is 1. The maximum atomic E-state index is 15.2. The lowest BCUT2D eigenvalue weighted by atomic mass is 9.96. The summed E-state index contributed by atoms with van der Waals surface area (Å²) in [4.78, 5) is 245. The molecule has 48 nitrogen and oxygen atoms in total. The van der Waals surface area contributed by atoms with Crippen molar-refractivity contribution in [3.63, 3.8) is 0 Å². The number of unbranched alkanes of at least 4 members (excludes halogenated alkanes) is 2. The molecule has 2 aromatic heterocycles.